The molecule has 3 rings (SSSR count). The van der Waals surface area contributed by atoms with Crippen LogP contribution in [0.1, 0.15) is 73.6 Å². The normalized spacial score (nSPS) is 14.1. The Hall–Kier alpha value is -3.27. The number of halogens is 3. The van der Waals surface area contributed by atoms with E-state index in [4.69, 9.17) is 5.11 Å². The van der Waals surface area contributed by atoms with E-state index >= 15 is 0 Å². The van der Waals surface area contributed by atoms with Crippen molar-refractivity contribution in [1.82, 2.24) is 4.90 Å². The molecule has 4 nitrogen and oxygen atoms in total. The number of hydrogen-bond donors (Lipinski definition) is 1. The smallest absolute Gasteiger partial charge is 0.416 e. The van der Waals surface area contributed by atoms with Gasteiger partial charge in [-0.15, -0.1) is 0 Å². The van der Waals surface area contributed by atoms with Crippen molar-refractivity contribution in [2.45, 2.75) is 70.6 Å². The van der Waals surface area contributed by atoms with Crippen molar-refractivity contribution in [2.24, 2.45) is 5.92 Å². The first-order valence-corrected chi connectivity index (χ1v) is 12.0. The minimum Gasteiger partial charge on any atom is -0.474 e. The second-order valence-corrected chi connectivity index (χ2v) is 9.06. The van der Waals surface area contributed by atoms with Crippen molar-refractivity contribution in [1.29, 1.82) is 0 Å². The molecule has 1 N–H and O–H groups in total. The van der Waals surface area contributed by atoms with Crippen molar-refractivity contribution in [3.63, 3.8) is 0 Å². The molecule has 1 fully saturated rings. The van der Waals surface area contributed by atoms with Gasteiger partial charge in [-0.3, -0.25) is 4.79 Å². The van der Waals surface area contributed by atoms with Gasteiger partial charge in [0, 0.05) is 25.1 Å². The molecule has 1 amide bonds. The standard InChI is InChI=1S/C28H30F3NO3/c29-28(30,31)25-17-15-24(16-18-25)20-32(26(33)27(34)35)19-23-13-11-22(12-14-23)10-6-2-5-9-21-7-3-1-4-8-21/h11-18,21H,1-5,7-9,19-20H2,(H,34,35). The van der Waals surface area contributed by atoms with E-state index in [9.17, 15) is 22.8 Å². The van der Waals surface area contributed by atoms with Gasteiger partial charge in [0.15, 0.2) is 0 Å². The molecule has 0 spiro atoms. The van der Waals surface area contributed by atoms with Crippen LogP contribution < -0.4 is 0 Å². The van der Waals surface area contributed by atoms with Crippen LogP contribution in [-0.4, -0.2) is 21.9 Å². The summed E-state index contributed by atoms with van der Waals surface area (Å²) in [5, 5.41) is 9.17. The SMILES string of the molecule is O=C(O)C(=O)N(Cc1ccc(C#CCCCC2CCCCC2)cc1)Cc1ccc(C(F)(F)F)cc1. The molecule has 2 aromatic carbocycles. The van der Waals surface area contributed by atoms with E-state index in [2.05, 4.69) is 11.8 Å². The molecule has 0 aromatic heterocycles. The number of carbonyl (C=O) groups excluding carboxylic acids is 1. The number of unbranched alkanes of at least 4 members (excludes halogenated alkanes) is 1. The minimum absolute atomic E-state index is 0.0151. The van der Waals surface area contributed by atoms with Crippen LogP contribution in [0.2, 0.25) is 0 Å². The van der Waals surface area contributed by atoms with Gasteiger partial charge in [-0.2, -0.15) is 13.2 Å². The molecule has 1 aliphatic rings. The van der Waals surface area contributed by atoms with E-state index in [1.54, 1.807) is 12.1 Å². The summed E-state index contributed by atoms with van der Waals surface area (Å²) in [4.78, 5) is 24.6. The lowest BCUT2D eigenvalue weighted by molar-refractivity contribution is -0.156. The van der Waals surface area contributed by atoms with Crippen LogP contribution in [0.15, 0.2) is 48.5 Å². The number of nitrogens with zero attached hydrogens (tertiary/aromatic N) is 1. The van der Waals surface area contributed by atoms with Gasteiger partial charge in [-0.1, -0.05) is 68.2 Å². The highest BCUT2D eigenvalue weighted by atomic mass is 19.4. The van der Waals surface area contributed by atoms with E-state index in [0.29, 0.717) is 11.1 Å². The highest BCUT2D eigenvalue weighted by molar-refractivity contribution is 6.31. The number of amides is 1. The molecule has 0 unspecified atom stereocenters. The molecule has 0 aliphatic heterocycles. The average molecular weight is 486 g/mol. The lowest BCUT2D eigenvalue weighted by atomic mass is 9.86. The Morgan fingerprint density at radius 2 is 1.49 bits per heavy atom. The van der Waals surface area contributed by atoms with Crippen LogP contribution in [0.5, 0.6) is 0 Å². The molecule has 186 valence electrons. The maximum atomic E-state index is 12.8. The summed E-state index contributed by atoms with van der Waals surface area (Å²) in [5.74, 6) is 4.47. The highest BCUT2D eigenvalue weighted by Gasteiger charge is 2.30. The summed E-state index contributed by atoms with van der Waals surface area (Å²) >= 11 is 0. The van der Waals surface area contributed by atoms with E-state index in [1.807, 2.05) is 12.1 Å². The predicted octanol–water partition coefficient (Wildman–Crippen LogP) is 6.42. The van der Waals surface area contributed by atoms with Gasteiger partial charge in [-0.25, -0.2) is 4.79 Å². The topological polar surface area (TPSA) is 57.6 Å². The van der Waals surface area contributed by atoms with E-state index in [1.165, 1.54) is 50.7 Å². The van der Waals surface area contributed by atoms with Gasteiger partial charge >= 0.3 is 18.1 Å². The quantitative estimate of drug-likeness (QED) is 0.280. The Balaban J connectivity index is 1.57. The van der Waals surface area contributed by atoms with Crippen LogP contribution >= 0.6 is 0 Å². The molecule has 0 saturated heterocycles. The maximum Gasteiger partial charge on any atom is 0.416 e. The van der Waals surface area contributed by atoms with Crippen LogP contribution in [-0.2, 0) is 28.9 Å². The van der Waals surface area contributed by atoms with Crippen molar-refractivity contribution in [3.05, 3.63) is 70.8 Å². The first kappa shape index (κ1) is 26.3. The fraction of sp³-hybridized carbons (Fsp3) is 0.429. The minimum atomic E-state index is -4.46. The monoisotopic (exact) mass is 485 g/mol. The number of hydrogen-bond acceptors (Lipinski definition) is 2. The maximum absolute atomic E-state index is 12.8. The molecule has 0 heterocycles. The van der Waals surface area contributed by atoms with Crippen molar-refractivity contribution >= 4 is 11.9 Å². The summed E-state index contributed by atoms with van der Waals surface area (Å²) in [6.07, 6.45) is 5.48. The third-order valence-electron chi connectivity index (χ3n) is 6.32. The number of carboxylic acids is 1. The van der Waals surface area contributed by atoms with Crippen LogP contribution in [0.3, 0.4) is 0 Å². The summed E-state index contributed by atoms with van der Waals surface area (Å²) in [5.41, 5.74) is 1.14. The first-order valence-electron chi connectivity index (χ1n) is 12.0. The lowest BCUT2D eigenvalue weighted by Crippen LogP contribution is -2.35. The Morgan fingerprint density at radius 3 is 2.03 bits per heavy atom. The van der Waals surface area contributed by atoms with Gasteiger partial charge in [0.2, 0.25) is 0 Å². The van der Waals surface area contributed by atoms with Crippen molar-refractivity contribution < 1.29 is 27.9 Å². The molecular weight excluding hydrogens is 455 g/mol. The molecule has 1 saturated carbocycles. The zero-order valence-corrected chi connectivity index (χ0v) is 19.6. The molecule has 35 heavy (non-hydrogen) atoms. The summed E-state index contributed by atoms with van der Waals surface area (Å²) in [7, 11) is 0. The Bertz CT molecular complexity index is 1040. The average Bonchev–Trinajstić information content (AvgIpc) is 2.84. The molecule has 0 atom stereocenters. The third kappa shape index (κ3) is 8.47. The van der Waals surface area contributed by atoms with Gasteiger partial charge in [0.25, 0.3) is 0 Å². The van der Waals surface area contributed by atoms with E-state index in [-0.39, 0.29) is 13.1 Å². The fourth-order valence-corrected chi connectivity index (χ4v) is 4.39. The van der Waals surface area contributed by atoms with Gasteiger partial charge in [0.1, 0.15) is 0 Å². The Morgan fingerprint density at radius 1 is 0.914 bits per heavy atom. The van der Waals surface area contributed by atoms with Crippen LogP contribution in [0.4, 0.5) is 13.2 Å². The molecule has 2 aromatic rings. The zero-order chi connectivity index (χ0) is 25.3. The van der Waals surface area contributed by atoms with E-state index in [0.717, 1.165) is 41.4 Å². The number of carboxylic acid groups (broad SMARTS) is 1. The number of carbonyl (C=O) groups is 2. The highest BCUT2D eigenvalue weighted by Crippen LogP contribution is 2.29. The van der Waals surface area contributed by atoms with Crippen LogP contribution in [0, 0.1) is 17.8 Å². The third-order valence-corrected chi connectivity index (χ3v) is 6.32. The van der Waals surface area contributed by atoms with Crippen LogP contribution in [0.25, 0.3) is 0 Å². The summed E-state index contributed by atoms with van der Waals surface area (Å²) in [6.45, 7) is -0.104. The number of benzene rings is 2. The Labute approximate surface area is 204 Å². The number of alkyl halides is 3. The number of aliphatic carboxylic acids is 1. The predicted molar refractivity (Wildman–Crippen MR) is 127 cm³/mol. The molecular formula is C28H30F3NO3. The van der Waals surface area contributed by atoms with Gasteiger partial charge < -0.3 is 10.0 Å². The number of rotatable bonds is 7. The van der Waals surface area contributed by atoms with Crippen molar-refractivity contribution in [3.8, 4) is 11.8 Å². The van der Waals surface area contributed by atoms with Crippen molar-refractivity contribution in [2.75, 3.05) is 0 Å². The Kier molecular flexibility index (Phi) is 9.36. The second-order valence-electron chi connectivity index (χ2n) is 9.06. The molecule has 0 radical (unpaired) electrons. The molecule has 1 aliphatic carbocycles. The largest absolute Gasteiger partial charge is 0.474 e. The van der Waals surface area contributed by atoms with E-state index < -0.39 is 23.6 Å². The molecule has 7 heteroatoms. The lowest BCUT2D eigenvalue weighted by Gasteiger charge is -2.21. The first-order chi connectivity index (χ1) is 16.7. The molecule has 0 bridgehead atoms. The van der Waals surface area contributed by atoms with Gasteiger partial charge in [-0.05, 0) is 54.2 Å². The second kappa shape index (κ2) is 12.4. The zero-order valence-electron chi connectivity index (χ0n) is 19.6. The summed E-state index contributed by atoms with van der Waals surface area (Å²) in [6, 6.07) is 11.5. The summed E-state index contributed by atoms with van der Waals surface area (Å²) < 4.78 is 38.3. The van der Waals surface area contributed by atoms with Gasteiger partial charge in [0.05, 0.1) is 5.56 Å². The fourth-order valence-electron chi connectivity index (χ4n) is 4.39.